The van der Waals surface area contributed by atoms with E-state index >= 15 is 0 Å². The second kappa shape index (κ2) is 10.8. The van der Waals surface area contributed by atoms with Crippen LogP contribution in [0.2, 0.25) is 0 Å². The highest BCUT2D eigenvalue weighted by Gasteiger charge is 2.22. The molecule has 1 aliphatic carbocycles. The van der Waals surface area contributed by atoms with Crippen LogP contribution in [0.25, 0.3) is 11.3 Å². The second-order valence-corrected chi connectivity index (χ2v) is 8.63. The summed E-state index contributed by atoms with van der Waals surface area (Å²) in [6.07, 6.45) is 12.2. The molecule has 1 aliphatic rings. The molecular weight excluding hydrogens is 366 g/mol. The molecule has 1 aromatic heterocycles. The van der Waals surface area contributed by atoms with E-state index in [1.165, 1.54) is 38.5 Å². The third-order valence-electron chi connectivity index (χ3n) is 6.43. The highest BCUT2D eigenvalue weighted by molar-refractivity contribution is 5.60. The Bertz CT molecular complexity index is 765. The van der Waals surface area contributed by atoms with Crippen LogP contribution in [0, 0.1) is 23.5 Å². The van der Waals surface area contributed by atoms with Crippen LogP contribution in [0.1, 0.15) is 82.9 Å². The van der Waals surface area contributed by atoms with Crippen molar-refractivity contribution < 1.29 is 8.78 Å². The highest BCUT2D eigenvalue weighted by atomic mass is 19.2. The standard InChI is InChI=1S/C25H34F2N2/c1-3-5-7-21-15-17-23(29-28-21)22-16-14-20(24(26)25(22)27)13-12-19-10-8-18(6-4-2)9-11-19/h14-19H,3-13H2,1-2H3. The SMILES string of the molecule is CCCCc1ccc(-c2ccc(CCC3CCC(CCC)CC3)c(F)c2F)nn1. The Kier molecular flexibility index (Phi) is 8.14. The summed E-state index contributed by atoms with van der Waals surface area (Å²) in [4.78, 5) is 0. The van der Waals surface area contributed by atoms with Crippen LogP contribution < -0.4 is 0 Å². The zero-order chi connectivity index (χ0) is 20.6. The molecule has 2 nitrogen and oxygen atoms in total. The maximum atomic E-state index is 14.7. The molecule has 158 valence electrons. The van der Waals surface area contributed by atoms with Crippen molar-refractivity contribution in [1.29, 1.82) is 0 Å². The largest absolute Gasteiger partial charge is 0.203 e. The van der Waals surface area contributed by atoms with Crippen molar-refractivity contribution in [3.05, 3.63) is 47.2 Å². The smallest absolute Gasteiger partial charge is 0.168 e. The second-order valence-electron chi connectivity index (χ2n) is 8.63. The molecule has 29 heavy (non-hydrogen) atoms. The van der Waals surface area contributed by atoms with Crippen LogP contribution in [0.5, 0.6) is 0 Å². The topological polar surface area (TPSA) is 25.8 Å². The Labute approximate surface area is 174 Å². The fourth-order valence-electron chi connectivity index (χ4n) is 4.55. The molecule has 3 rings (SSSR count). The summed E-state index contributed by atoms with van der Waals surface area (Å²) >= 11 is 0. The Morgan fingerprint density at radius 2 is 1.52 bits per heavy atom. The van der Waals surface area contributed by atoms with Gasteiger partial charge in [-0.1, -0.05) is 64.9 Å². The number of unbranched alkanes of at least 4 members (excludes halogenated alkanes) is 1. The normalized spacial score (nSPS) is 19.4. The molecule has 0 saturated heterocycles. The molecule has 0 spiro atoms. The van der Waals surface area contributed by atoms with Gasteiger partial charge < -0.3 is 0 Å². The summed E-state index contributed by atoms with van der Waals surface area (Å²) in [5.74, 6) is -0.00486. The number of rotatable bonds is 9. The quantitative estimate of drug-likeness (QED) is 0.441. The van der Waals surface area contributed by atoms with Gasteiger partial charge in [-0.2, -0.15) is 10.2 Å². The fraction of sp³-hybridized carbons (Fsp3) is 0.600. The van der Waals surface area contributed by atoms with E-state index in [1.54, 1.807) is 18.2 Å². The maximum absolute atomic E-state index is 14.7. The first kappa shape index (κ1) is 21.9. The van der Waals surface area contributed by atoms with Gasteiger partial charge in [0.15, 0.2) is 11.6 Å². The van der Waals surface area contributed by atoms with Gasteiger partial charge >= 0.3 is 0 Å². The van der Waals surface area contributed by atoms with E-state index in [2.05, 4.69) is 24.0 Å². The Balaban J connectivity index is 1.61. The van der Waals surface area contributed by atoms with Crippen molar-refractivity contribution in [3.8, 4) is 11.3 Å². The molecule has 0 amide bonds. The first-order chi connectivity index (χ1) is 14.1. The summed E-state index contributed by atoms with van der Waals surface area (Å²) in [5, 5.41) is 8.28. The van der Waals surface area contributed by atoms with E-state index in [4.69, 9.17) is 0 Å². The molecule has 1 fully saturated rings. The van der Waals surface area contributed by atoms with Gasteiger partial charge in [0.25, 0.3) is 0 Å². The molecule has 0 atom stereocenters. The Morgan fingerprint density at radius 1 is 0.793 bits per heavy atom. The lowest BCUT2D eigenvalue weighted by Crippen LogP contribution is -2.15. The lowest BCUT2D eigenvalue weighted by molar-refractivity contribution is 0.251. The molecule has 1 heterocycles. The van der Waals surface area contributed by atoms with E-state index in [0.717, 1.165) is 37.3 Å². The fourth-order valence-corrected chi connectivity index (χ4v) is 4.55. The minimum atomic E-state index is -0.801. The van der Waals surface area contributed by atoms with Gasteiger partial charge in [-0.25, -0.2) is 8.78 Å². The molecule has 0 radical (unpaired) electrons. The maximum Gasteiger partial charge on any atom is 0.168 e. The minimum Gasteiger partial charge on any atom is -0.203 e. The average Bonchev–Trinajstić information content (AvgIpc) is 2.75. The van der Waals surface area contributed by atoms with E-state index in [9.17, 15) is 8.78 Å². The molecule has 0 aliphatic heterocycles. The van der Waals surface area contributed by atoms with Crippen molar-refractivity contribution in [2.24, 2.45) is 11.8 Å². The Morgan fingerprint density at radius 3 is 2.14 bits per heavy atom. The summed E-state index contributed by atoms with van der Waals surface area (Å²) in [5.41, 5.74) is 1.96. The monoisotopic (exact) mass is 400 g/mol. The molecule has 0 N–H and O–H groups in total. The number of benzene rings is 1. The van der Waals surface area contributed by atoms with Gasteiger partial charge in [-0.3, -0.25) is 0 Å². The van der Waals surface area contributed by atoms with E-state index < -0.39 is 11.6 Å². The van der Waals surface area contributed by atoms with Gasteiger partial charge in [-0.05, 0) is 61.3 Å². The third-order valence-corrected chi connectivity index (χ3v) is 6.43. The van der Waals surface area contributed by atoms with Crippen molar-refractivity contribution in [3.63, 3.8) is 0 Å². The van der Waals surface area contributed by atoms with E-state index in [-0.39, 0.29) is 5.56 Å². The van der Waals surface area contributed by atoms with Crippen LogP contribution in [0.15, 0.2) is 24.3 Å². The number of hydrogen-bond donors (Lipinski definition) is 0. The molecule has 2 aromatic rings. The van der Waals surface area contributed by atoms with Gasteiger partial charge in [-0.15, -0.1) is 0 Å². The molecular formula is C25H34F2N2. The van der Waals surface area contributed by atoms with Crippen LogP contribution in [-0.4, -0.2) is 10.2 Å². The zero-order valence-corrected chi connectivity index (χ0v) is 17.9. The molecule has 0 unspecified atom stereocenters. The van der Waals surface area contributed by atoms with Crippen LogP contribution in [0.3, 0.4) is 0 Å². The zero-order valence-electron chi connectivity index (χ0n) is 17.9. The number of nitrogens with zero attached hydrogens (tertiary/aromatic N) is 2. The van der Waals surface area contributed by atoms with Crippen molar-refractivity contribution in [1.82, 2.24) is 10.2 Å². The summed E-state index contributed by atoms with van der Waals surface area (Å²) < 4.78 is 29.4. The van der Waals surface area contributed by atoms with Crippen LogP contribution in [-0.2, 0) is 12.8 Å². The summed E-state index contributed by atoms with van der Waals surface area (Å²) in [7, 11) is 0. The summed E-state index contributed by atoms with van der Waals surface area (Å²) in [6.45, 7) is 4.37. The van der Waals surface area contributed by atoms with Crippen molar-refractivity contribution >= 4 is 0 Å². The molecule has 1 aromatic carbocycles. The van der Waals surface area contributed by atoms with E-state index in [0.29, 0.717) is 23.6 Å². The minimum absolute atomic E-state index is 0.195. The predicted molar refractivity (Wildman–Crippen MR) is 115 cm³/mol. The van der Waals surface area contributed by atoms with Crippen LogP contribution >= 0.6 is 0 Å². The van der Waals surface area contributed by atoms with Gasteiger partial charge in [0.05, 0.1) is 11.4 Å². The average molecular weight is 401 g/mol. The number of aromatic nitrogens is 2. The molecule has 1 saturated carbocycles. The first-order valence-corrected chi connectivity index (χ1v) is 11.4. The third kappa shape index (κ3) is 5.83. The van der Waals surface area contributed by atoms with Crippen LogP contribution in [0.4, 0.5) is 8.78 Å². The first-order valence-electron chi connectivity index (χ1n) is 11.4. The lowest BCUT2D eigenvalue weighted by Gasteiger charge is -2.28. The van der Waals surface area contributed by atoms with Crippen molar-refractivity contribution in [2.75, 3.05) is 0 Å². The lowest BCUT2D eigenvalue weighted by atomic mass is 9.78. The predicted octanol–water partition coefficient (Wildman–Crippen LogP) is 7.30. The molecule has 0 bridgehead atoms. The van der Waals surface area contributed by atoms with Crippen molar-refractivity contribution in [2.45, 2.75) is 84.5 Å². The number of aryl methyl sites for hydroxylation is 2. The number of hydrogen-bond acceptors (Lipinski definition) is 2. The highest BCUT2D eigenvalue weighted by Crippen LogP contribution is 2.34. The van der Waals surface area contributed by atoms with E-state index in [1.807, 2.05) is 6.07 Å². The van der Waals surface area contributed by atoms with Gasteiger partial charge in [0.1, 0.15) is 0 Å². The van der Waals surface area contributed by atoms with Gasteiger partial charge in [0.2, 0.25) is 0 Å². The number of halogens is 2. The van der Waals surface area contributed by atoms with Gasteiger partial charge in [0, 0.05) is 5.56 Å². The Hall–Kier alpha value is -1.84. The molecule has 4 heteroatoms. The summed E-state index contributed by atoms with van der Waals surface area (Å²) in [6, 6.07) is 6.98.